The third kappa shape index (κ3) is 9.51. The zero-order valence-electron chi connectivity index (χ0n) is 26.8. The fraction of sp³-hybridized carbons (Fsp3) is 0.594. The van der Waals surface area contributed by atoms with Crippen LogP contribution in [0, 0.1) is 5.92 Å². The van der Waals surface area contributed by atoms with Crippen LogP contribution in [0.2, 0.25) is 0 Å². The molecule has 0 spiro atoms. The summed E-state index contributed by atoms with van der Waals surface area (Å²) in [4.78, 5) is 84.1. The number of amides is 4. The quantitative estimate of drug-likeness (QED) is 0.136. The van der Waals surface area contributed by atoms with E-state index in [0.717, 1.165) is 32.1 Å². The van der Waals surface area contributed by atoms with E-state index >= 15 is 0 Å². The van der Waals surface area contributed by atoms with Crippen LogP contribution in [0.5, 0.6) is 11.6 Å². The molecule has 14 nitrogen and oxygen atoms in total. The fourth-order valence-corrected chi connectivity index (χ4v) is 5.84. The van der Waals surface area contributed by atoms with Crippen LogP contribution in [0.3, 0.4) is 0 Å². The van der Waals surface area contributed by atoms with Crippen molar-refractivity contribution in [2.24, 2.45) is 5.92 Å². The average Bonchev–Trinajstić information content (AvgIpc) is 3.58. The lowest BCUT2D eigenvalue weighted by atomic mass is 9.83. The molecule has 2 fully saturated rings. The molecule has 1 aromatic rings. The summed E-state index contributed by atoms with van der Waals surface area (Å²) in [5.74, 6) is -3.97. The number of likely N-dealkylation sites (tertiary alicyclic amines) is 1. The van der Waals surface area contributed by atoms with Gasteiger partial charge in [-0.25, -0.2) is 4.98 Å². The second-order valence-corrected chi connectivity index (χ2v) is 11.3. The fourth-order valence-electron chi connectivity index (χ4n) is 5.84. The van der Waals surface area contributed by atoms with Crippen molar-refractivity contribution in [2.75, 3.05) is 33.9 Å². The van der Waals surface area contributed by atoms with Crippen molar-refractivity contribution in [1.82, 2.24) is 25.8 Å². The Morgan fingerprint density at radius 2 is 1.76 bits per heavy atom. The Bertz CT molecular complexity index is 1280. The summed E-state index contributed by atoms with van der Waals surface area (Å²) < 4.78 is 15.3. The summed E-state index contributed by atoms with van der Waals surface area (Å²) in [5.41, 5.74) is -0.0284. The summed E-state index contributed by atoms with van der Waals surface area (Å²) in [6.07, 6.45) is 7.22. The number of ether oxygens (including phenoxy) is 3. The minimum absolute atomic E-state index is 0.0284. The molecule has 4 amide bonds. The number of methoxy groups -OCH3 is 2. The molecular weight excluding hydrogens is 598 g/mol. The van der Waals surface area contributed by atoms with Gasteiger partial charge in [-0.3, -0.25) is 28.8 Å². The summed E-state index contributed by atoms with van der Waals surface area (Å²) in [6.45, 7) is 4.97. The van der Waals surface area contributed by atoms with Crippen molar-refractivity contribution in [3.8, 4) is 11.6 Å². The Hall–Kier alpha value is -4.49. The number of hydrogen-bond donors (Lipinski definition) is 3. The van der Waals surface area contributed by atoms with Gasteiger partial charge in [0.15, 0.2) is 5.69 Å². The van der Waals surface area contributed by atoms with E-state index in [1.807, 2.05) is 0 Å². The van der Waals surface area contributed by atoms with Crippen LogP contribution >= 0.6 is 0 Å². The molecule has 3 atom stereocenters. The number of esters is 1. The second-order valence-electron chi connectivity index (χ2n) is 11.3. The van der Waals surface area contributed by atoms with E-state index in [0.29, 0.717) is 19.3 Å². The third-order valence-electron chi connectivity index (χ3n) is 8.18. The Balaban J connectivity index is 1.76. The molecule has 0 bridgehead atoms. The highest BCUT2D eigenvalue weighted by molar-refractivity contribution is 6.38. The molecule has 3 N–H and O–H groups in total. The minimum Gasteiger partial charge on any atom is -0.494 e. The van der Waals surface area contributed by atoms with E-state index < -0.39 is 60.1 Å². The Kier molecular flexibility index (Phi) is 14.0. The Labute approximate surface area is 269 Å². The third-order valence-corrected chi connectivity index (χ3v) is 8.18. The zero-order chi connectivity index (χ0) is 33.6. The number of Topliss-reactive ketones (excluding diaryl/α,β-unsaturated/α-hetero) is 1. The van der Waals surface area contributed by atoms with Gasteiger partial charge >= 0.3 is 5.97 Å². The van der Waals surface area contributed by atoms with Crippen LogP contribution in [0.4, 0.5) is 0 Å². The Morgan fingerprint density at radius 3 is 2.41 bits per heavy atom. The average molecular weight is 644 g/mol. The van der Waals surface area contributed by atoms with Crippen molar-refractivity contribution in [3.05, 3.63) is 30.5 Å². The molecule has 1 saturated heterocycles. The van der Waals surface area contributed by atoms with Crippen molar-refractivity contribution in [3.63, 3.8) is 0 Å². The molecule has 2 heterocycles. The predicted octanol–water partition coefficient (Wildman–Crippen LogP) is 1.47. The van der Waals surface area contributed by atoms with Gasteiger partial charge in [0.25, 0.3) is 11.8 Å². The summed E-state index contributed by atoms with van der Waals surface area (Å²) in [7, 11) is 2.84. The number of aromatic nitrogens is 1. The van der Waals surface area contributed by atoms with Gasteiger partial charge in [-0.2, -0.15) is 0 Å². The molecule has 0 unspecified atom stereocenters. The van der Waals surface area contributed by atoms with Gasteiger partial charge in [0, 0.05) is 12.6 Å². The van der Waals surface area contributed by atoms with Gasteiger partial charge in [-0.15, -0.1) is 0 Å². The van der Waals surface area contributed by atoms with Gasteiger partial charge in [0.05, 0.1) is 20.3 Å². The molecule has 0 radical (unpaired) electrons. The number of ketones is 1. The molecular formula is C32H45N5O9. The van der Waals surface area contributed by atoms with Crippen molar-refractivity contribution in [1.29, 1.82) is 0 Å². The van der Waals surface area contributed by atoms with E-state index in [2.05, 4.69) is 27.5 Å². The van der Waals surface area contributed by atoms with Crippen LogP contribution in [0.1, 0.15) is 75.2 Å². The molecule has 46 heavy (non-hydrogen) atoms. The van der Waals surface area contributed by atoms with Gasteiger partial charge in [0.1, 0.15) is 31.0 Å². The first-order valence-corrected chi connectivity index (χ1v) is 15.7. The molecule has 0 aromatic carbocycles. The predicted molar refractivity (Wildman–Crippen MR) is 166 cm³/mol. The maximum Gasteiger partial charge on any atom is 0.325 e. The lowest BCUT2D eigenvalue weighted by molar-refractivity contribution is -0.145. The number of nitrogens with one attached hydrogen (secondary N) is 3. The van der Waals surface area contributed by atoms with Crippen molar-refractivity contribution >= 4 is 35.4 Å². The van der Waals surface area contributed by atoms with Crippen LogP contribution < -0.4 is 25.4 Å². The lowest BCUT2D eigenvalue weighted by Gasteiger charge is -2.35. The molecule has 3 rings (SSSR count). The number of carbonyl (C=O) groups excluding carboxylic acids is 6. The standard InChI is InChI=1S/C32H45N5O9/c1-5-11-21(28(39)31(42)33-19-25(38)46-18-6-2)34-29(40)22-14-10-17-37(22)32(43)26(20-12-8-7-9-13-20)36-30(41)27-23(44-3)15-16-24(35-27)45-4/h6,15-16,20-22,26H,2,5,7-14,17-19H2,1,3-4H3,(H,33,42)(H,34,40)(H,36,41)/t21-,22-,26-/m0/s1. The molecule has 252 valence electrons. The molecule has 1 aliphatic carbocycles. The van der Waals surface area contributed by atoms with E-state index in [4.69, 9.17) is 14.2 Å². The number of hydrogen-bond acceptors (Lipinski definition) is 10. The van der Waals surface area contributed by atoms with E-state index in [9.17, 15) is 28.8 Å². The number of pyridine rings is 1. The molecule has 1 aromatic heterocycles. The topological polar surface area (TPSA) is 182 Å². The first-order chi connectivity index (χ1) is 22.1. The first-order valence-electron chi connectivity index (χ1n) is 15.7. The normalized spacial score (nSPS) is 17.6. The number of rotatable bonds is 16. The molecule has 1 aliphatic heterocycles. The van der Waals surface area contributed by atoms with Gasteiger partial charge in [-0.05, 0) is 44.1 Å². The lowest BCUT2D eigenvalue weighted by Crippen LogP contribution is -2.58. The summed E-state index contributed by atoms with van der Waals surface area (Å²) in [6, 6.07) is 0.148. The SMILES string of the molecule is C=CCOC(=O)CNC(=O)C(=O)[C@H](CCC)NC(=O)[C@@H]1CCCN1C(=O)[C@@H](NC(=O)c1nc(OC)ccc1OC)C1CCCCC1. The summed E-state index contributed by atoms with van der Waals surface area (Å²) in [5, 5.41) is 7.77. The van der Waals surface area contributed by atoms with Crippen LogP contribution in [0.25, 0.3) is 0 Å². The first kappa shape index (κ1) is 36.0. The highest BCUT2D eigenvalue weighted by Crippen LogP contribution is 2.30. The molecule has 1 saturated carbocycles. The van der Waals surface area contributed by atoms with E-state index in [-0.39, 0.29) is 42.8 Å². The van der Waals surface area contributed by atoms with Crippen LogP contribution in [0.15, 0.2) is 24.8 Å². The second kappa shape index (κ2) is 17.9. The van der Waals surface area contributed by atoms with Gasteiger partial charge in [0.2, 0.25) is 23.5 Å². The van der Waals surface area contributed by atoms with Gasteiger partial charge < -0.3 is 35.1 Å². The van der Waals surface area contributed by atoms with Crippen molar-refractivity contribution in [2.45, 2.75) is 82.8 Å². The number of carbonyl (C=O) groups is 6. The maximum absolute atomic E-state index is 14.2. The van der Waals surface area contributed by atoms with Crippen LogP contribution in [-0.2, 0) is 28.7 Å². The Morgan fingerprint density at radius 1 is 1.02 bits per heavy atom. The van der Waals surface area contributed by atoms with Gasteiger partial charge in [-0.1, -0.05) is 45.3 Å². The minimum atomic E-state index is -1.15. The molecule has 14 heteroatoms. The highest BCUT2D eigenvalue weighted by Gasteiger charge is 2.42. The largest absolute Gasteiger partial charge is 0.494 e. The molecule has 2 aliphatic rings. The number of nitrogens with zero attached hydrogens (tertiary/aromatic N) is 2. The highest BCUT2D eigenvalue weighted by atomic mass is 16.5. The van der Waals surface area contributed by atoms with E-state index in [1.54, 1.807) is 19.1 Å². The smallest absolute Gasteiger partial charge is 0.325 e. The monoisotopic (exact) mass is 643 g/mol. The zero-order valence-corrected chi connectivity index (χ0v) is 26.8. The maximum atomic E-state index is 14.2. The van der Waals surface area contributed by atoms with Crippen molar-refractivity contribution < 1.29 is 43.0 Å². The summed E-state index contributed by atoms with van der Waals surface area (Å²) >= 11 is 0. The van der Waals surface area contributed by atoms with E-state index in [1.165, 1.54) is 25.2 Å². The van der Waals surface area contributed by atoms with Crippen LogP contribution in [-0.4, -0.2) is 97.3 Å².